The molecule has 0 aromatic carbocycles. The summed E-state index contributed by atoms with van der Waals surface area (Å²) in [5, 5.41) is 0.615. The van der Waals surface area contributed by atoms with E-state index in [2.05, 4.69) is 16.9 Å². The van der Waals surface area contributed by atoms with Gasteiger partial charge in [-0.1, -0.05) is 11.6 Å². The van der Waals surface area contributed by atoms with Crippen LogP contribution in [0.3, 0.4) is 0 Å². The van der Waals surface area contributed by atoms with Crippen molar-refractivity contribution in [3.05, 3.63) is 23.5 Å². The molecule has 0 amide bonds. The Kier molecular flexibility index (Phi) is 2.89. The second kappa shape index (κ2) is 4.15. The zero-order chi connectivity index (χ0) is 9.97. The van der Waals surface area contributed by atoms with Crippen LogP contribution in [0.4, 0.5) is 0 Å². The third kappa shape index (κ3) is 2.16. The third-order valence-electron chi connectivity index (χ3n) is 2.56. The average Bonchev–Trinajstić information content (AvgIpc) is 2.16. The molecule has 4 heteroatoms. The highest BCUT2D eigenvalue weighted by Crippen LogP contribution is 2.18. The molecule has 1 aliphatic rings. The van der Waals surface area contributed by atoms with Gasteiger partial charge in [0.05, 0.1) is 11.2 Å². The van der Waals surface area contributed by atoms with Crippen LogP contribution in [0.15, 0.2) is 18.5 Å². The van der Waals surface area contributed by atoms with E-state index in [0.29, 0.717) is 11.1 Å². The molecular weight excluding hydrogens is 200 g/mol. The molecule has 1 saturated heterocycles. The van der Waals surface area contributed by atoms with Crippen LogP contribution in [0.25, 0.3) is 0 Å². The fraction of sp³-hybridized carbons (Fsp3) is 0.500. The molecule has 0 saturated carbocycles. The Hall–Kier alpha value is -0.800. The number of pyridine rings is 1. The maximum atomic E-state index is 5.78. The number of nitrogens with zero attached hydrogens (tertiary/aromatic N) is 2. The number of likely N-dealkylation sites (N-methyl/N-ethyl adjacent to an activating group) is 1. The summed E-state index contributed by atoms with van der Waals surface area (Å²) in [7, 11) is 2.10. The van der Waals surface area contributed by atoms with E-state index in [1.165, 1.54) is 13.0 Å². The van der Waals surface area contributed by atoms with Crippen LogP contribution in [0.2, 0.25) is 5.02 Å². The largest absolute Gasteiger partial charge is 0.490 e. The first-order valence-corrected chi connectivity index (χ1v) is 5.07. The van der Waals surface area contributed by atoms with Gasteiger partial charge >= 0.3 is 0 Å². The van der Waals surface area contributed by atoms with Gasteiger partial charge in [-0.15, -0.1) is 0 Å². The first-order valence-electron chi connectivity index (χ1n) is 4.69. The normalized spacial score (nSPS) is 21.7. The van der Waals surface area contributed by atoms with Crippen LogP contribution in [0.5, 0.6) is 5.75 Å². The summed E-state index contributed by atoms with van der Waals surface area (Å²) in [6.45, 7) is 1.89. The lowest BCUT2D eigenvalue weighted by Crippen LogP contribution is -2.48. The Balaban J connectivity index is 1.85. The number of halogens is 1. The topological polar surface area (TPSA) is 25.4 Å². The van der Waals surface area contributed by atoms with Crippen molar-refractivity contribution in [3.63, 3.8) is 0 Å². The molecule has 76 valence electrons. The number of rotatable bonds is 3. The van der Waals surface area contributed by atoms with Gasteiger partial charge in [0, 0.05) is 18.3 Å². The standard InChI is InChI=1S/C10H13ClN2O/c1-13-3-2-9(13)7-14-10-4-8(11)5-12-6-10/h4-6,9H,2-3,7H2,1H3/t9-/m0/s1. The molecule has 1 atom stereocenters. The van der Waals surface area contributed by atoms with Crippen LogP contribution in [-0.4, -0.2) is 36.1 Å². The van der Waals surface area contributed by atoms with Crippen LogP contribution < -0.4 is 4.74 Å². The predicted octanol–water partition coefficient (Wildman–Crippen LogP) is 1.82. The van der Waals surface area contributed by atoms with Gasteiger partial charge in [-0.25, -0.2) is 0 Å². The van der Waals surface area contributed by atoms with Gasteiger partial charge in [0.1, 0.15) is 12.4 Å². The SMILES string of the molecule is CN1CC[C@H]1COc1cncc(Cl)c1. The van der Waals surface area contributed by atoms with Gasteiger partial charge in [-0.3, -0.25) is 9.88 Å². The molecule has 2 rings (SSSR count). The molecule has 3 nitrogen and oxygen atoms in total. The number of aromatic nitrogens is 1. The number of likely N-dealkylation sites (tertiary alicyclic amines) is 1. The van der Waals surface area contributed by atoms with E-state index in [-0.39, 0.29) is 0 Å². The van der Waals surface area contributed by atoms with Crippen molar-refractivity contribution in [1.29, 1.82) is 0 Å². The van der Waals surface area contributed by atoms with E-state index < -0.39 is 0 Å². The highest BCUT2D eigenvalue weighted by molar-refractivity contribution is 6.30. The molecule has 1 fully saturated rings. The zero-order valence-corrected chi connectivity index (χ0v) is 8.87. The lowest BCUT2D eigenvalue weighted by atomic mass is 10.1. The number of hydrogen-bond acceptors (Lipinski definition) is 3. The van der Waals surface area contributed by atoms with Crippen molar-refractivity contribution in [2.45, 2.75) is 12.5 Å². The van der Waals surface area contributed by atoms with E-state index in [1.807, 2.05) is 0 Å². The average molecular weight is 213 g/mol. The second-order valence-electron chi connectivity index (χ2n) is 3.57. The van der Waals surface area contributed by atoms with Gasteiger partial charge in [0.15, 0.2) is 0 Å². The fourth-order valence-corrected chi connectivity index (χ4v) is 1.61. The summed E-state index contributed by atoms with van der Waals surface area (Å²) < 4.78 is 5.57. The molecule has 1 aromatic rings. The predicted molar refractivity (Wildman–Crippen MR) is 55.8 cm³/mol. The summed E-state index contributed by atoms with van der Waals surface area (Å²) >= 11 is 5.78. The Morgan fingerprint density at radius 3 is 3.07 bits per heavy atom. The van der Waals surface area contributed by atoms with Crippen molar-refractivity contribution >= 4 is 11.6 Å². The lowest BCUT2D eigenvalue weighted by Gasteiger charge is -2.37. The molecule has 0 aliphatic carbocycles. The van der Waals surface area contributed by atoms with E-state index in [1.54, 1.807) is 18.5 Å². The maximum absolute atomic E-state index is 5.78. The van der Waals surface area contributed by atoms with Crippen LogP contribution >= 0.6 is 11.6 Å². The van der Waals surface area contributed by atoms with Crippen LogP contribution in [0, 0.1) is 0 Å². The third-order valence-corrected chi connectivity index (χ3v) is 2.77. The molecule has 1 aromatic heterocycles. The van der Waals surface area contributed by atoms with Crippen LogP contribution in [-0.2, 0) is 0 Å². The van der Waals surface area contributed by atoms with E-state index in [9.17, 15) is 0 Å². The van der Waals surface area contributed by atoms with Gasteiger partial charge in [-0.05, 0) is 20.0 Å². The first kappa shape index (κ1) is 9.74. The smallest absolute Gasteiger partial charge is 0.139 e. The summed E-state index contributed by atoms with van der Waals surface area (Å²) in [5.41, 5.74) is 0. The molecule has 0 N–H and O–H groups in total. The molecule has 0 unspecified atom stereocenters. The minimum Gasteiger partial charge on any atom is -0.490 e. The zero-order valence-electron chi connectivity index (χ0n) is 8.11. The minimum absolute atomic E-state index is 0.550. The fourth-order valence-electron chi connectivity index (χ4n) is 1.44. The Morgan fingerprint density at radius 1 is 1.64 bits per heavy atom. The summed E-state index contributed by atoms with van der Waals surface area (Å²) in [5.74, 6) is 0.748. The second-order valence-corrected chi connectivity index (χ2v) is 4.01. The Morgan fingerprint density at radius 2 is 2.50 bits per heavy atom. The number of hydrogen-bond donors (Lipinski definition) is 0. The van der Waals surface area contributed by atoms with Crippen molar-refractivity contribution in [2.75, 3.05) is 20.2 Å². The van der Waals surface area contributed by atoms with E-state index in [4.69, 9.17) is 16.3 Å². The summed E-state index contributed by atoms with van der Waals surface area (Å²) in [6.07, 6.45) is 4.50. The van der Waals surface area contributed by atoms with Gasteiger partial charge in [0.25, 0.3) is 0 Å². The summed E-state index contributed by atoms with van der Waals surface area (Å²) in [4.78, 5) is 6.23. The number of ether oxygens (including phenoxy) is 1. The molecule has 14 heavy (non-hydrogen) atoms. The Bertz CT molecular complexity index is 319. The molecular formula is C10H13ClN2O. The quantitative estimate of drug-likeness (QED) is 0.764. The highest BCUT2D eigenvalue weighted by Gasteiger charge is 2.24. The molecule has 2 heterocycles. The van der Waals surface area contributed by atoms with Gasteiger partial charge in [-0.2, -0.15) is 0 Å². The van der Waals surface area contributed by atoms with Gasteiger partial charge in [0.2, 0.25) is 0 Å². The van der Waals surface area contributed by atoms with E-state index in [0.717, 1.165) is 12.4 Å². The molecule has 0 bridgehead atoms. The van der Waals surface area contributed by atoms with E-state index >= 15 is 0 Å². The molecule has 0 spiro atoms. The minimum atomic E-state index is 0.550. The first-order chi connectivity index (χ1) is 6.75. The maximum Gasteiger partial charge on any atom is 0.139 e. The highest BCUT2D eigenvalue weighted by atomic mass is 35.5. The molecule has 0 radical (unpaired) electrons. The van der Waals surface area contributed by atoms with Crippen LogP contribution in [0.1, 0.15) is 6.42 Å². The molecule has 1 aliphatic heterocycles. The van der Waals surface area contributed by atoms with Crippen molar-refractivity contribution in [1.82, 2.24) is 9.88 Å². The summed E-state index contributed by atoms with van der Waals surface area (Å²) in [6, 6.07) is 2.33. The monoisotopic (exact) mass is 212 g/mol. The van der Waals surface area contributed by atoms with Crippen molar-refractivity contribution in [3.8, 4) is 5.75 Å². The Labute approximate surface area is 88.6 Å². The lowest BCUT2D eigenvalue weighted by molar-refractivity contribution is 0.0767. The van der Waals surface area contributed by atoms with Crippen molar-refractivity contribution in [2.24, 2.45) is 0 Å². The van der Waals surface area contributed by atoms with Gasteiger partial charge < -0.3 is 4.74 Å². The van der Waals surface area contributed by atoms with Crippen molar-refractivity contribution < 1.29 is 4.74 Å².